The van der Waals surface area contributed by atoms with Gasteiger partial charge in [0.15, 0.2) is 5.69 Å². The van der Waals surface area contributed by atoms with Crippen molar-refractivity contribution >= 4 is 34.1 Å². The molecule has 7 nitrogen and oxygen atoms in total. The minimum Gasteiger partial charge on any atom is -0.398 e. The number of rotatable bonds is 3. The molecule has 1 atom stereocenters. The lowest BCUT2D eigenvalue weighted by Gasteiger charge is -2.32. The highest BCUT2D eigenvalue weighted by Crippen LogP contribution is 2.31. The Labute approximate surface area is 156 Å². The highest BCUT2D eigenvalue weighted by Gasteiger charge is 2.28. The van der Waals surface area contributed by atoms with E-state index in [4.69, 9.17) is 5.73 Å². The molecule has 4 rings (SSSR count). The molecule has 0 fully saturated rings. The van der Waals surface area contributed by atoms with Gasteiger partial charge < -0.3 is 16.0 Å². The van der Waals surface area contributed by atoms with Crippen LogP contribution in [0.4, 0.5) is 11.4 Å². The van der Waals surface area contributed by atoms with Crippen molar-refractivity contribution in [2.24, 2.45) is 0 Å². The number of nitrogen functional groups attached to an aromatic ring is 1. The molecule has 1 aromatic heterocycles. The van der Waals surface area contributed by atoms with E-state index in [0.29, 0.717) is 12.2 Å². The van der Waals surface area contributed by atoms with Crippen LogP contribution in [0.15, 0.2) is 42.5 Å². The zero-order chi connectivity index (χ0) is 19.0. The molecule has 3 aromatic rings. The normalized spacial score (nSPS) is 14.6. The Hall–Kier alpha value is -3.35. The molecule has 0 radical (unpaired) electrons. The van der Waals surface area contributed by atoms with Gasteiger partial charge in [-0.2, -0.15) is 5.10 Å². The van der Waals surface area contributed by atoms with Crippen LogP contribution in [0.25, 0.3) is 10.9 Å². The van der Waals surface area contributed by atoms with Crippen molar-refractivity contribution in [3.63, 3.8) is 0 Å². The number of para-hydroxylation sites is 1. The summed E-state index contributed by atoms with van der Waals surface area (Å²) >= 11 is 0. The first-order valence-corrected chi connectivity index (χ1v) is 8.99. The van der Waals surface area contributed by atoms with Gasteiger partial charge in [0.2, 0.25) is 5.91 Å². The minimum absolute atomic E-state index is 0.158. The summed E-state index contributed by atoms with van der Waals surface area (Å²) in [5.41, 5.74) is 9.65. The van der Waals surface area contributed by atoms with Gasteiger partial charge >= 0.3 is 0 Å². The molecule has 1 unspecified atom stereocenters. The molecule has 0 aliphatic carbocycles. The number of anilines is 2. The van der Waals surface area contributed by atoms with Crippen molar-refractivity contribution in [1.29, 1.82) is 0 Å². The molecule has 138 valence electrons. The zero-order valence-corrected chi connectivity index (χ0v) is 15.0. The van der Waals surface area contributed by atoms with Gasteiger partial charge in [-0.15, -0.1) is 0 Å². The van der Waals surface area contributed by atoms with Gasteiger partial charge in [0.25, 0.3) is 5.91 Å². The van der Waals surface area contributed by atoms with E-state index in [1.807, 2.05) is 42.5 Å². The molecule has 2 heterocycles. The molecule has 4 N–H and O–H groups in total. The fourth-order valence-corrected chi connectivity index (χ4v) is 3.58. The van der Waals surface area contributed by atoms with Gasteiger partial charge in [-0.1, -0.05) is 24.3 Å². The predicted octanol–water partition coefficient (Wildman–Crippen LogP) is 2.24. The van der Waals surface area contributed by atoms with Crippen LogP contribution in [0.1, 0.15) is 29.4 Å². The summed E-state index contributed by atoms with van der Waals surface area (Å²) < 4.78 is 0. The molecule has 1 aliphatic rings. The van der Waals surface area contributed by atoms with Gasteiger partial charge in [-0.25, -0.2) is 0 Å². The van der Waals surface area contributed by atoms with E-state index in [1.54, 1.807) is 11.8 Å². The third-order valence-electron chi connectivity index (χ3n) is 4.96. The molecule has 0 spiro atoms. The number of hydrogen-bond acceptors (Lipinski definition) is 4. The lowest BCUT2D eigenvalue weighted by atomic mass is 9.99. The Morgan fingerprint density at radius 2 is 2.04 bits per heavy atom. The first-order valence-electron chi connectivity index (χ1n) is 8.99. The average molecular weight is 363 g/mol. The Bertz CT molecular complexity index is 1030. The van der Waals surface area contributed by atoms with Gasteiger partial charge in [-0.05, 0) is 43.5 Å². The standard InChI is InChI=1S/C20H21N5O2/c1-12(22-19(26)18-14-6-2-3-9-16(14)23-24-18)20(27)25-11-5-7-13-15(21)8-4-10-17(13)25/h2-4,6,8-10,12H,5,7,11,21H2,1H3,(H,22,26)(H,23,24). The van der Waals surface area contributed by atoms with Crippen LogP contribution in [0, 0.1) is 0 Å². The summed E-state index contributed by atoms with van der Waals surface area (Å²) in [5, 5.41) is 10.4. The molecular weight excluding hydrogens is 342 g/mol. The monoisotopic (exact) mass is 363 g/mol. The number of benzene rings is 2. The first kappa shape index (κ1) is 17.1. The predicted molar refractivity (Wildman–Crippen MR) is 105 cm³/mol. The molecule has 7 heteroatoms. The van der Waals surface area contributed by atoms with Crippen LogP contribution in [0.3, 0.4) is 0 Å². The third-order valence-corrected chi connectivity index (χ3v) is 4.96. The van der Waals surface area contributed by atoms with Crippen molar-refractivity contribution in [1.82, 2.24) is 15.5 Å². The average Bonchev–Trinajstić information content (AvgIpc) is 3.11. The van der Waals surface area contributed by atoms with E-state index in [-0.39, 0.29) is 17.5 Å². The maximum Gasteiger partial charge on any atom is 0.273 e. The Morgan fingerprint density at radius 1 is 1.22 bits per heavy atom. The second-order valence-electron chi connectivity index (χ2n) is 6.75. The SMILES string of the molecule is CC(NC(=O)c1n[nH]c2ccccc12)C(=O)N1CCCc2c(N)cccc21. The highest BCUT2D eigenvalue weighted by atomic mass is 16.2. The summed E-state index contributed by atoms with van der Waals surface area (Å²) in [4.78, 5) is 27.3. The Kier molecular flexibility index (Phi) is 4.27. The van der Waals surface area contributed by atoms with Crippen molar-refractivity contribution in [3.05, 3.63) is 53.7 Å². The van der Waals surface area contributed by atoms with Crippen LogP contribution in [-0.2, 0) is 11.2 Å². The van der Waals surface area contributed by atoms with Crippen LogP contribution in [0.2, 0.25) is 0 Å². The van der Waals surface area contributed by atoms with E-state index < -0.39 is 6.04 Å². The number of aromatic nitrogens is 2. The number of nitrogens with two attached hydrogens (primary N) is 1. The van der Waals surface area contributed by atoms with Gasteiger partial charge in [-0.3, -0.25) is 14.7 Å². The van der Waals surface area contributed by atoms with E-state index in [9.17, 15) is 9.59 Å². The molecule has 0 bridgehead atoms. The highest BCUT2D eigenvalue weighted by molar-refractivity contribution is 6.07. The topological polar surface area (TPSA) is 104 Å². The number of fused-ring (bicyclic) bond motifs is 2. The number of amides is 2. The van der Waals surface area contributed by atoms with Gasteiger partial charge in [0.1, 0.15) is 6.04 Å². The number of aromatic amines is 1. The van der Waals surface area contributed by atoms with Crippen LogP contribution in [-0.4, -0.2) is 34.6 Å². The summed E-state index contributed by atoms with van der Waals surface area (Å²) in [6.45, 7) is 2.30. The lowest BCUT2D eigenvalue weighted by molar-refractivity contribution is -0.120. The van der Waals surface area contributed by atoms with Crippen LogP contribution < -0.4 is 16.0 Å². The number of H-pyrrole nitrogens is 1. The molecule has 1 aliphatic heterocycles. The van der Waals surface area contributed by atoms with Gasteiger partial charge in [0, 0.05) is 23.3 Å². The smallest absolute Gasteiger partial charge is 0.273 e. The fraction of sp³-hybridized carbons (Fsp3) is 0.250. The maximum absolute atomic E-state index is 13.0. The summed E-state index contributed by atoms with van der Waals surface area (Å²) in [7, 11) is 0. The molecule has 27 heavy (non-hydrogen) atoms. The molecule has 0 saturated heterocycles. The molecule has 2 aromatic carbocycles. The second-order valence-corrected chi connectivity index (χ2v) is 6.75. The Balaban J connectivity index is 1.54. The van der Waals surface area contributed by atoms with E-state index in [1.165, 1.54) is 0 Å². The number of hydrogen-bond donors (Lipinski definition) is 3. The maximum atomic E-state index is 13.0. The van der Waals surface area contributed by atoms with Crippen molar-refractivity contribution < 1.29 is 9.59 Å². The zero-order valence-electron chi connectivity index (χ0n) is 15.0. The Morgan fingerprint density at radius 3 is 2.89 bits per heavy atom. The number of carbonyl (C=O) groups excluding carboxylic acids is 2. The summed E-state index contributed by atoms with van der Waals surface area (Å²) in [6.07, 6.45) is 1.70. The number of nitrogens with zero attached hydrogens (tertiary/aromatic N) is 2. The third kappa shape index (κ3) is 3.01. The lowest BCUT2D eigenvalue weighted by Crippen LogP contribution is -2.48. The number of nitrogens with one attached hydrogen (secondary N) is 2. The van der Waals surface area contributed by atoms with Crippen molar-refractivity contribution in [3.8, 4) is 0 Å². The van der Waals surface area contributed by atoms with E-state index in [0.717, 1.165) is 35.0 Å². The number of carbonyl (C=O) groups is 2. The van der Waals surface area contributed by atoms with Crippen LogP contribution in [0.5, 0.6) is 0 Å². The molecule has 2 amide bonds. The first-order chi connectivity index (χ1) is 13.1. The van der Waals surface area contributed by atoms with Crippen molar-refractivity contribution in [2.45, 2.75) is 25.8 Å². The van der Waals surface area contributed by atoms with Gasteiger partial charge in [0.05, 0.1) is 5.52 Å². The fourth-order valence-electron chi connectivity index (χ4n) is 3.58. The van der Waals surface area contributed by atoms with Crippen LogP contribution >= 0.6 is 0 Å². The summed E-state index contributed by atoms with van der Waals surface area (Å²) in [6, 6.07) is 12.3. The summed E-state index contributed by atoms with van der Waals surface area (Å²) in [5.74, 6) is -0.534. The quantitative estimate of drug-likeness (QED) is 0.621. The minimum atomic E-state index is -0.680. The van der Waals surface area contributed by atoms with E-state index in [2.05, 4.69) is 15.5 Å². The molecule has 0 saturated carbocycles. The largest absolute Gasteiger partial charge is 0.398 e. The second kappa shape index (κ2) is 6.75. The van der Waals surface area contributed by atoms with Crippen molar-refractivity contribution in [2.75, 3.05) is 17.2 Å². The van der Waals surface area contributed by atoms with E-state index >= 15 is 0 Å². The molecular formula is C20H21N5O2.